The lowest BCUT2D eigenvalue weighted by Crippen LogP contribution is -2.01. The molecule has 139 valence electrons. The van der Waals surface area contributed by atoms with Crippen molar-refractivity contribution >= 4 is 6.29 Å². The highest BCUT2D eigenvalue weighted by Gasteiger charge is 2.13. The molecule has 0 aliphatic heterocycles. The van der Waals surface area contributed by atoms with Crippen molar-refractivity contribution in [1.82, 2.24) is 0 Å². The Labute approximate surface area is 148 Å². The summed E-state index contributed by atoms with van der Waals surface area (Å²) in [6.07, 6.45) is 14.6. The van der Waals surface area contributed by atoms with E-state index in [0.717, 1.165) is 25.7 Å². The van der Waals surface area contributed by atoms with E-state index in [-0.39, 0.29) is 24.2 Å². The van der Waals surface area contributed by atoms with E-state index in [2.05, 4.69) is 6.92 Å². The first-order chi connectivity index (χ1) is 12.0. The Hall–Kier alpha value is -2.31. The minimum Gasteiger partial charge on any atom is -0.291 e. The SMILES string of the molecule is CCCCC/C=C/C/C(=C/C/C(=C/CCCC[C]=O)[N+](=O)[O-])[N+](=O)[O-]. The standard InChI is InChI=1S/C18H27N2O5/c1-2-3-4-5-6-9-12-17(19(22)23)14-15-18(20(24)25)13-10-7-8-11-16-21/h6,9,13-14H,2-5,7-8,10-12,15H2,1H3/b9-6+,17-14-,18-13-. The number of hydrogen-bond acceptors (Lipinski definition) is 5. The number of nitrogens with zero attached hydrogens (tertiary/aromatic N) is 2. The van der Waals surface area contributed by atoms with Crippen LogP contribution in [0.5, 0.6) is 0 Å². The van der Waals surface area contributed by atoms with Crippen LogP contribution < -0.4 is 0 Å². The third-order valence-electron chi connectivity index (χ3n) is 3.60. The van der Waals surface area contributed by atoms with E-state index in [9.17, 15) is 25.0 Å². The molecule has 0 saturated carbocycles. The number of unbranched alkanes of at least 4 members (excludes halogenated alkanes) is 6. The Morgan fingerprint density at radius 3 is 2.12 bits per heavy atom. The zero-order chi connectivity index (χ0) is 18.9. The fraction of sp³-hybridized carbons (Fsp3) is 0.611. The van der Waals surface area contributed by atoms with Crippen molar-refractivity contribution in [3.63, 3.8) is 0 Å². The molecular formula is C18H27N2O5. The highest BCUT2D eigenvalue weighted by molar-refractivity contribution is 5.50. The Morgan fingerprint density at radius 1 is 0.880 bits per heavy atom. The largest absolute Gasteiger partial charge is 0.291 e. The van der Waals surface area contributed by atoms with Gasteiger partial charge in [-0.15, -0.1) is 0 Å². The van der Waals surface area contributed by atoms with E-state index in [1.165, 1.54) is 12.2 Å². The summed E-state index contributed by atoms with van der Waals surface area (Å²) in [7, 11) is 0. The van der Waals surface area contributed by atoms with E-state index >= 15 is 0 Å². The maximum Gasteiger partial charge on any atom is 0.246 e. The van der Waals surface area contributed by atoms with Gasteiger partial charge in [0, 0.05) is 6.42 Å². The maximum atomic E-state index is 11.1. The zero-order valence-corrected chi connectivity index (χ0v) is 14.8. The number of hydrogen-bond donors (Lipinski definition) is 0. The fourth-order valence-electron chi connectivity index (χ4n) is 2.13. The summed E-state index contributed by atoms with van der Waals surface area (Å²) < 4.78 is 0. The quantitative estimate of drug-likeness (QED) is 0.181. The first kappa shape index (κ1) is 22.7. The fourth-order valence-corrected chi connectivity index (χ4v) is 2.13. The van der Waals surface area contributed by atoms with Gasteiger partial charge in [0.1, 0.15) is 0 Å². The number of carbonyl (C=O) groups excluding carboxylic acids is 1. The molecule has 0 spiro atoms. The third-order valence-corrected chi connectivity index (χ3v) is 3.60. The molecule has 1 radical (unpaired) electrons. The molecule has 0 N–H and O–H groups in total. The molecule has 0 heterocycles. The second-order valence-corrected chi connectivity index (χ2v) is 5.67. The number of rotatable bonds is 15. The summed E-state index contributed by atoms with van der Waals surface area (Å²) in [5.41, 5.74) is -0.0867. The molecule has 0 aliphatic carbocycles. The van der Waals surface area contributed by atoms with Gasteiger partial charge < -0.3 is 0 Å². The van der Waals surface area contributed by atoms with Crippen molar-refractivity contribution in [2.75, 3.05) is 0 Å². The third kappa shape index (κ3) is 12.7. The molecule has 0 rings (SSSR count). The zero-order valence-electron chi connectivity index (χ0n) is 14.8. The molecular weight excluding hydrogens is 324 g/mol. The molecule has 0 atom stereocenters. The van der Waals surface area contributed by atoms with Crippen LogP contribution in [0.4, 0.5) is 0 Å². The second kappa shape index (κ2) is 15.2. The topological polar surface area (TPSA) is 103 Å². The van der Waals surface area contributed by atoms with Crippen LogP contribution in [-0.4, -0.2) is 16.1 Å². The van der Waals surface area contributed by atoms with Gasteiger partial charge >= 0.3 is 0 Å². The molecule has 0 unspecified atom stereocenters. The second-order valence-electron chi connectivity index (χ2n) is 5.67. The van der Waals surface area contributed by atoms with Crippen molar-refractivity contribution in [3.8, 4) is 0 Å². The summed E-state index contributed by atoms with van der Waals surface area (Å²) in [4.78, 5) is 31.2. The minimum absolute atomic E-state index is 0.0324. The maximum absolute atomic E-state index is 11.1. The van der Waals surface area contributed by atoms with E-state index in [1.54, 1.807) is 12.4 Å². The van der Waals surface area contributed by atoms with Crippen LogP contribution in [-0.2, 0) is 4.79 Å². The molecule has 25 heavy (non-hydrogen) atoms. The van der Waals surface area contributed by atoms with Gasteiger partial charge in [-0.05, 0) is 44.3 Å². The van der Waals surface area contributed by atoms with Crippen LogP contribution >= 0.6 is 0 Å². The summed E-state index contributed by atoms with van der Waals surface area (Å²) in [6.45, 7) is 2.11. The number of allylic oxidation sites excluding steroid dienone is 4. The van der Waals surface area contributed by atoms with Crippen LogP contribution in [0.1, 0.15) is 71.1 Å². The summed E-state index contributed by atoms with van der Waals surface area (Å²) >= 11 is 0. The van der Waals surface area contributed by atoms with Crippen molar-refractivity contribution in [2.45, 2.75) is 71.1 Å². The molecule has 0 saturated heterocycles. The molecule has 7 heteroatoms. The average Bonchev–Trinajstić information content (AvgIpc) is 2.57. The van der Waals surface area contributed by atoms with E-state index in [1.807, 2.05) is 6.08 Å². The van der Waals surface area contributed by atoms with E-state index in [4.69, 9.17) is 0 Å². The van der Waals surface area contributed by atoms with Crippen molar-refractivity contribution in [3.05, 3.63) is 55.9 Å². The monoisotopic (exact) mass is 351 g/mol. The normalized spacial score (nSPS) is 12.5. The lowest BCUT2D eigenvalue weighted by molar-refractivity contribution is -0.431. The Morgan fingerprint density at radius 2 is 1.52 bits per heavy atom. The van der Waals surface area contributed by atoms with E-state index < -0.39 is 9.85 Å². The van der Waals surface area contributed by atoms with Crippen LogP contribution in [0.15, 0.2) is 35.7 Å². The van der Waals surface area contributed by atoms with Crippen molar-refractivity contribution in [2.24, 2.45) is 0 Å². The van der Waals surface area contributed by atoms with Gasteiger partial charge in [-0.25, -0.2) is 0 Å². The van der Waals surface area contributed by atoms with Gasteiger partial charge in [0.25, 0.3) is 0 Å². The van der Waals surface area contributed by atoms with Crippen LogP contribution in [0.25, 0.3) is 0 Å². The summed E-state index contributed by atoms with van der Waals surface area (Å²) in [5.74, 6) is 0. The Balaban J connectivity index is 4.60. The smallest absolute Gasteiger partial charge is 0.246 e. The molecule has 0 aliphatic rings. The minimum atomic E-state index is -0.513. The Bertz CT molecular complexity index is 510. The molecule has 0 aromatic carbocycles. The molecule has 0 bridgehead atoms. The highest BCUT2D eigenvalue weighted by Crippen LogP contribution is 2.13. The molecule has 0 amide bonds. The van der Waals surface area contributed by atoms with Gasteiger partial charge in [0.15, 0.2) is 6.29 Å². The summed E-state index contributed by atoms with van der Waals surface area (Å²) in [6, 6.07) is 0. The van der Waals surface area contributed by atoms with Crippen molar-refractivity contribution < 1.29 is 14.6 Å². The lowest BCUT2D eigenvalue weighted by Gasteiger charge is -1.97. The van der Waals surface area contributed by atoms with Gasteiger partial charge in [-0.3, -0.25) is 25.0 Å². The first-order valence-corrected chi connectivity index (χ1v) is 8.69. The molecule has 0 aromatic rings. The lowest BCUT2D eigenvalue weighted by atomic mass is 10.1. The first-order valence-electron chi connectivity index (χ1n) is 8.69. The van der Waals surface area contributed by atoms with Gasteiger partial charge in [-0.1, -0.05) is 31.9 Å². The van der Waals surface area contributed by atoms with Gasteiger partial charge in [0.05, 0.1) is 22.7 Å². The van der Waals surface area contributed by atoms with Crippen LogP contribution in [0, 0.1) is 20.2 Å². The molecule has 0 fully saturated rings. The van der Waals surface area contributed by atoms with Gasteiger partial charge in [0.2, 0.25) is 11.4 Å². The van der Waals surface area contributed by atoms with Gasteiger partial charge in [-0.2, -0.15) is 0 Å². The molecule has 0 aromatic heterocycles. The van der Waals surface area contributed by atoms with Crippen LogP contribution in [0.2, 0.25) is 0 Å². The number of nitro groups is 2. The summed E-state index contributed by atoms with van der Waals surface area (Å²) in [5, 5.41) is 22.1. The van der Waals surface area contributed by atoms with E-state index in [0.29, 0.717) is 25.7 Å². The van der Waals surface area contributed by atoms with Crippen LogP contribution in [0.3, 0.4) is 0 Å². The Kier molecular flexibility index (Phi) is 13.8. The average molecular weight is 351 g/mol. The van der Waals surface area contributed by atoms with Crippen molar-refractivity contribution in [1.29, 1.82) is 0 Å². The predicted octanol–water partition coefficient (Wildman–Crippen LogP) is 4.89. The molecule has 7 nitrogen and oxygen atoms in total. The highest BCUT2D eigenvalue weighted by atomic mass is 16.6. The predicted molar refractivity (Wildman–Crippen MR) is 96.8 cm³/mol.